The van der Waals surface area contributed by atoms with E-state index in [-0.39, 0.29) is 0 Å². The highest BCUT2D eigenvalue weighted by Crippen LogP contribution is 2.08. The van der Waals surface area contributed by atoms with Crippen molar-refractivity contribution in [2.24, 2.45) is 0 Å². The first-order chi connectivity index (χ1) is 5.72. The molecule has 0 radical (unpaired) electrons. The summed E-state index contributed by atoms with van der Waals surface area (Å²) in [5, 5.41) is 0. The molecule has 0 aliphatic heterocycles. The van der Waals surface area contributed by atoms with Crippen LogP contribution in [0.2, 0.25) is 0 Å². The number of allylic oxidation sites excluding steroid dienone is 1. The van der Waals surface area contributed by atoms with Gasteiger partial charge in [-0.25, -0.2) is 0 Å². The molecule has 0 bridgehead atoms. The lowest BCUT2D eigenvalue weighted by Crippen LogP contribution is -1.84. The van der Waals surface area contributed by atoms with Crippen molar-refractivity contribution < 1.29 is 0 Å². The lowest BCUT2D eigenvalue weighted by molar-refractivity contribution is 1.15. The monoisotopic (exact) mass is 158 g/mol. The first-order valence-electron chi connectivity index (χ1n) is 4.08. The van der Waals surface area contributed by atoms with Crippen LogP contribution in [0.5, 0.6) is 0 Å². The second-order valence-electron chi connectivity index (χ2n) is 3.08. The fourth-order valence-corrected chi connectivity index (χ4v) is 1.12. The van der Waals surface area contributed by atoms with Gasteiger partial charge in [-0.2, -0.15) is 0 Å². The standard InChI is InChI=1S/C12H14/c1-4-11-5-7-12(8-6-11)9-10(2)3/h4-8H,1-2,9H2,3H3. The van der Waals surface area contributed by atoms with Crippen LogP contribution in [0.25, 0.3) is 6.08 Å². The van der Waals surface area contributed by atoms with Crippen LogP contribution < -0.4 is 0 Å². The fraction of sp³-hybridized carbons (Fsp3) is 0.167. The second-order valence-corrected chi connectivity index (χ2v) is 3.08. The van der Waals surface area contributed by atoms with E-state index in [2.05, 4.69) is 37.4 Å². The summed E-state index contributed by atoms with van der Waals surface area (Å²) in [5.74, 6) is 0. The first-order valence-corrected chi connectivity index (χ1v) is 4.08. The molecule has 0 aliphatic carbocycles. The molecule has 0 heteroatoms. The van der Waals surface area contributed by atoms with Crippen LogP contribution in [0.1, 0.15) is 18.1 Å². The molecule has 1 aromatic carbocycles. The van der Waals surface area contributed by atoms with Crippen molar-refractivity contribution in [1.82, 2.24) is 0 Å². The third-order valence-corrected chi connectivity index (χ3v) is 1.72. The zero-order chi connectivity index (χ0) is 8.97. The fourth-order valence-electron chi connectivity index (χ4n) is 1.12. The van der Waals surface area contributed by atoms with Crippen LogP contribution in [-0.2, 0) is 6.42 Å². The highest BCUT2D eigenvalue weighted by atomic mass is 14.0. The summed E-state index contributed by atoms with van der Waals surface area (Å²) in [7, 11) is 0. The third-order valence-electron chi connectivity index (χ3n) is 1.72. The van der Waals surface area contributed by atoms with E-state index < -0.39 is 0 Å². The Morgan fingerprint density at radius 2 is 1.92 bits per heavy atom. The molecule has 0 saturated carbocycles. The second kappa shape index (κ2) is 3.91. The molecule has 0 fully saturated rings. The van der Waals surface area contributed by atoms with Crippen LogP contribution in [0.15, 0.2) is 43.0 Å². The molecule has 0 amide bonds. The minimum absolute atomic E-state index is 0.970. The van der Waals surface area contributed by atoms with Crippen molar-refractivity contribution in [2.75, 3.05) is 0 Å². The van der Waals surface area contributed by atoms with E-state index in [0.717, 1.165) is 6.42 Å². The van der Waals surface area contributed by atoms with Crippen LogP contribution in [0.4, 0.5) is 0 Å². The maximum Gasteiger partial charge on any atom is -0.00726 e. The first kappa shape index (κ1) is 8.79. The lowest BCUT2D eigenvalue weighted by Gasteiger charge is -2.00. The van der Waals surface area contributed by atoms with Gasteiger partial charge in [-0.05, 0) is 24.5 Å². The van der Waals surface area contributed by atoms with Gasteiger partial charge in [0.15, 0.2) is 0 Å². The summed E-state index contributed by atoms with van der Waals surface area (Å²) in [5.41, 5.74) is 3.68. The average Bonchev–Trinajstić information content (AvgIpc) is 2.05. The zero-order valence-electron chi connectivity index (χ0n) is 7.51. The Labute approximate surface area is 74.2 Å². The Kier molecular flexibility index (Phi) is 2.87. The van der Waals surface area contributed by atoms with Gasteiger partial charge in [0, 0.05) is 0 Å². The van der Waals surface area contributed by atoms with E-state index in [1.807, 2.05) is 13.0 Å². The minimum Gasteiger partial charge on any atom is -0.0998 e. The van der Waals surface area contributed by atoms with E-state index in [1.165, 1.54) is 16.7 Å². The molecule has 0 saturated heterocycles. The summed E-state index contributed by atoms with van der Waals surface area (Å²) in [4.78, 5) is 0. The van der Waals surface area contributed by atoms with Crippen LogP contribution in [0.3, 0.4) is 0 Å². The van der Waals surface area contributed by atoms with Crippen molar-refractivity contribution in [3.05, 3.63) is 54.1 Å². The Bertz CT molecular complexity index is 277. The van der Waals surface area contributed by atoms with Crippen molar-refractivity contribution in [1.29, 1.82) is 0 Å². The molecule has 12 heavy (non-hydrogen) atoms. The smallest absolute Gasteiger partial charge is 0.00726 e. The quantitative estimate of drug-likeness (QED) is 0.591. The Morgan fingerprint density at radius 3 is 2.33 bits per heavy atom. The molecule has 0 spiro atoms. The van der Waals surface area contributed by atoms with E-state index in [1.54, 1.807) is 0 Å². The molecule has 0 N–H and O–H groups in total. The van der Waals surface area contributed by atoms with Crippen molar-refractivity contribution in [3.8, 4) is 0 Å². The molecule has 1 rings (SSSR count). The summed E-state index contributed by atoms with van der Waals surface area (Å²) < 4.78 is 0. The van der Waals surface area contributed by atoms with Crippen molar-refractivity contribution in [2.45, 2.75) is 13.3 Å². The molecule has 0 heterocycles. The van der Waals surface area contributed by atoms with Gasteiger partial charge < -0.3 is 0 Å². The summed E-state index contributed by atoms with van der Waals surface area (Å²) >= 11 is 0. The number of benzene rings is 1. The molecule has 1 aromatic rings. The molecule has 0 aliphatic rings. The predicted molar refractivity (Wildman–Crippen MR) is 55.1 cm³/mol. The Balaban J connectivity index is 2.77. The molecule has 62 valence electrons. The summed E-state index contributed by atoms with van der Waals surface area (Å²) in [6.07, 6.45) is 2.82. The van der Waals surface area contributed by atoms with Gasteiger partial charge in [0.05, 0.1) is 0 Å². The Morgan fingerprint density at radius 1 is 1.33 bits per heavy atom. The third kappa shape index (κ3) is 2.39. The van der Waals surface area contributed by atoms with Crippen LogP contribution >= 0.6 is 0 Å². The zero-order valence-corrected chi connectivity index (χ0v) is 7.51. The van der Waals surface area contributed by atoms with Crippen LogP contribution in [-0.4, -0.2) is 0 Å². The van der Waals surface area contributed by atoms with Gasteiger partial charge in [0.1, 0.15) is 0 Å². The summed E-state index contributed by atoms with van der Waals surface area (Å²) in [6.45, 7) is 9.62. The average molecular weight is 158 g/mol. The van der Waals surface area contributed by atoms with Gasteiger partial charge in [-0.3, -0.25) is 0 Å². The number of hydrogen-bond donors (Lipinski definition) is 0. The maximum absolute atomic E-state index is 3.87. The van der Waals surface area contributed by atoms with Gasteiger partial charge in [0.25, 0.3) is 0 Å². The molecule has 0 aromatic heterocycles. The van der Waals surface area contributed by atoms with Gasteiger partial charge in [-0.15, -0.1) is 0 Å². The molecular weight excluding hydrogens is 144 g/mol. The minimum atomic E-state index is 0.970. The topological polar surface area (TPSA) is 0 Å². The highest BCUT2D eigenvalue weighted by Gasteiger charge is 1.91. The largest absolute Gasteiger partial charge is 0.0998 e. The molecular formula is C12H14. The summed E-state index contributed by atoms with van der Waals surface area (Å²) in [6, 6.07) is 8.38. The van der Waals surface area contributed by atoms with Gasteiger partial charge in [-0.1, -0.05) is 49.1 Å². The van der Waals surface area contributed by atoms with Gasteiger partial charge in [0.2, 0.25) is 0 Å². The lowest BCUT2D eigenvalue weighted by atomic mass is 10.1. The molecule has 0 unspecified atom stereocenters. The number of hydrogen-bond acceptors (Lipinski definition) is 0. The van der Waals surface area contributed by atoms with E-state index in [0.29, 0.717) is 0 Å². The van der Waals surface area contributed by atoms with Gasteiger partial charge >= 0.3 is 0 Å². The SMILES string of the molecule is C=Cc1ccc(CC(=C)C)cc1. The maximum atomic E-state index is 3.87. The van der Waals surface area contributed by atoms with E-state index in [9.17, 15) is 0 Å². The predicted octanol–water partition coefficient (Wildman–Crippen LogP) is 3.45. The molecule has 0 atom stereocenters. The molecule has 0 nitrogen and oxygen atoms in total. The van der Waals surface area contributed by atoms with Crippen molar-refractivity contribution in [3.63, 3.8) is 0 Å². The van der Waals surface area contributed by atoms with E-state index in [4.69, 9.17) is 0 Å². The normalized spacial score (nSPS) is 9.42. The van der Waals surface area contributed by atoms with Crippen molar-refractivity contribution >= 4 is 6.08 Å². The van der Waals surface area contributed by atoms with Crippen LogP contribution in [0, 0.1) is 0 Å². The number of rotatable bonds is 3. The van der Waals surface area contributed by atoms with E-state index >= 15 is 0 Å². The Hall–Kier alpha value is -1.30. The highest BCUT2D eigenvalue weighted by molar-refractivity contribution is 5.47.